The van der Waals surface area contributed by atoms with Crippen molar-refractivity contribution in [3.05, 3.63) is 52.8 Å². The van der Waals surface area contributed by atoms with E-state index in [0.29, 0.717) is 19.5 Å². The number of hydrogen-bond donors (Lipinski definition) is 1. The Morgan fingerprint density at radius 3 is 2.50 bits per heavy atom. The summed E-state index contributed by atoms with van der Waals surface area (Å²) < 4.78 is 0. The van der Waals surface area contributed by atoms with Crippen LogP contribution in [0.15, 0.2) is 30.3 Å². The maximum atomic E-state index is 12.4. The zero-order valence-corrected chi connectivity index (χ0v) is 12.3. The lowest BCUT2D eigenvalue weighted by molar-refractivity contribution is -0.130. The number of likely N-dealkylation sites (N-methyl/N-ethyl adjacent to an activating group) is 1. The summed E-state index contributed by atoms with van der Waals surface area (Å²) in [6.45, 7) is 7.27. The summed E-state index contributed by atoms with van der Waals surface area (Å²) in [5.41, 5.74) is 4.06. The van der Waals surface area contributed by atoms with E-state index >= 15 is 0 Å². The van der Waals surface area contributed by atoms with Gasteiger partial charge in [-0.2, -0.15) is 5.10 Å². The van der Waals surface area contributed by atoms with Crippen molar-refractivity contribution in [3.8, 4) is 0 Å². The molecule has 0 aliphatic rings. The number of aryl methyl sites for hydroxylation is 2. The van der Waals surface area contributed by atoms with Crippen molar-refractivity contribution < 1.29 is 4.79 Å². The minimum Gasteiger partial charge on any atom is -0.338 e. The number of hydrogen-bond acceptors (Lipinski definition) is 2. The molecule has 0 unspecified atom stereocenters. The van der Waals surface area contributed by atoms with Crippen LogP contribution in [0, 0.1) is 13.8 Å². The molecule has 0 aliphatic heterocycles. The van der Waals surface area contributed by atoms with Gasteiger partial charge in [0.1, 0.15) is 0 Å². The van der Waals surface area contributed by atoms with Gasteiger partial charge in [0.25, 0.3) is 0 Å². The predicted molar refractivity (Wildman–Crippen MR) is 79.3 cm³/mol. The second-order valence-electron chi connectivity index (χ2n) is 4.98. The van der Waals surface area contributed by atoms with Crippen molar-refractivity contribution in [2.45, 2.75) is 33.7 Å². The lowest BCUT2D eigenvalue weighted by atomic mass is 10.1. The van der Waals surface area contributed by atoms with E-state index in [0.717, 1.165) is 22.5 Å². The standard InChI is InChI=1S/C16H21N3O/c1-4-19(11-14-8-6-5-7-9-14)16(20)10-15-12(2)17-18-13(15)3/h5-9H,4,10-11H2,1-3H3,(H,17,18). The quantitative estimate of drug-likeness (QED) is 0.908. The van der Waals surface area contributed by atoms with Gasteiger partial charge in [-0.25, -0.2) is 0 Å². The molecule has 1 aromatic heterocycles. The van der Waals surface area contributed by atoms with E-state index in [1.54, 1.807) is 0 Å². The van der Waals surface area contributed by atoms with Crippen LogP contribution in [0.4, 0.5) is 0 Å². The summed E-state index contributed by atoms with van der Waals surface area (Å²) in [5.74, 6) is 0.143. The fourth-order valence-electron chi connectivity index (χ4n) is 2.28. The lowest BCUT2D eigenvalue weighted by Gasteiger charge is -2.21. The van der Waals surface area contributed by atoms with E-state index in [4.69, 9.17) is 0 Å². The maximum absolute atomic E-state index is 12.4. The van der Waals surface area contributed by atoms with Gasteiger partial charge in [0.15, 0.2) is 0 Å². The fraction of sp³-hybridized carbons (Fsp3) is 0.375. The van der Waals surface area contributed by atoms with Crippen LogP contribution in [-0.2, 0) is 17.8 Å². The molecule has 1 aromatic carbocycles. The highest BCUT2D eigenvalue weighted by atomic mass is 16.2. The third kappa shape index (κ3) is 3.26. The summed E-state index contributed by atoms with van der Waals surface area (Å²) >= 11 is 0. The van der Waals surface area contributed by atoms with Crippen LogP contribution in [0.3, 0.4) is 0 Å². The Labute approximate surface area is 119 Å². The molecular formula is C16H21N3O. The number of aromatic amines is 1. The molecule has 0 saturated carbocycles. The number of nitrogens with zero attached hydrogens (tertiary/aromatic N) is 2. The van der Waals surface area contributed by atoms with Gasteiger partial charge in [-0.05, 0) is 26.3 Å². The molecule has 1 N–H and O–H groups in total. The molecular weight excluding hydrogens is 250 g/mol. The number of amides is 1. The molecule has 0 radical (unpaired) electrons. The predicted octanol–water partition coefficient (Wildman–Crippen LogP) is 2.62. The molecule has 4 heteroatoms. The number of nitrogens with one attached hydrogen (secondary N) is 1. The Bertz CT molecular complexity index is 555. The molecule has 0 saturated heterocycles. The molecule has 0 atom stereocenters. The Kier molecular flexibility index (Phi) is 4.56. The molecule has 0 aliphatic carbocycles. The first-order valence-corrected chi connectivity index (χ1v) is 6.94. The first kappa shape index (κ1) is 14.3. The fourth-order valence-corrected chi connectivity index (χ4v) is 2.28. The van der Waals surface area contributed by atoms with Gasteiger partial charge in [0.05, 0.1) is 12.1 Å². The van der Waals surface area contributed by atoms with Crippen molar-refractivity contribution in [1.29, 1.82) is 0 Å². The Balaban J connectivity index is 2.06. The first-order valence-electron chi connectivity index (χ1n) is 6.94. The van der Waals surface area contributed by atoms with E-state index in [9.17, 15) is 4.79 Å². The van der Waals surface area contributed by atoms with Crippen molar-refractivity contribution in [2.24, 2.45) is 0 Å². The summed E-state index contributed by atoms with van der Waals surface area (Å²) in [6, 6.07) is 10.1. The highest BCUT2D eigenvalue weighted by Gasteiger charge is 2.16. The summed E-state index contributed by atoms with van der Waals surface area (Å²) in [6.07, 6.45) is 0.412. The Hall–Kier alpha value is -2.10. The van der Waals surface area contributed by atoms with E-state index in [2.05, 4.69) is 10.2 Å². The number of H-pyrrole nitrogens is 1. The molecule has 2 rings (SSSR count). The lowest BCUT2D eigenvalue weighted by Crippen LogP contribution is -2.31. The number of aromatic nitrogens is 2. The summed E-state index contributed by atoms with van der Waals surface area (Å²) in [4.78, 5) is 14.3. The average molecular weight is 271 g/mol. The monoisotopic (exact) mass is 271 g/mol. The SMILES string of the molecule is CCN(Cc1ccccc1)C(=O)Cc1c(C)n[nH]c1C. The van der Waals surface area contributed by atoms with E-state index < -0.39 is 0 Å². The molecule has 20 heavy (non-hydrogen) atoms. The number of rotatable bonds is 5. The zero-order chi connectivity index (χ0) is 14.5. The third-order valence-electron chi connectivity index (χ3n) is 3.56. The average Bonchev–Trinajstić information content (AvgIpc) is 2.77. The second kappa shape index (κ2) is 6.37. The van der Waals surface area contributed by atoms with Crippen molar-refractivity contribution in [3.63, 3.8) is 0 Å². The molecule has 1 amide bonds. The van der Waals surface area contributed by atoms with Crippen LogP contribution in [0.2, 0.25) is 0 Å². The second-order valence-corrected chi connectivity index (χ2v) is 4.98. The number of carbonyl (C=O) groups excluding carboxylic acids is 1. The molecule has 0 spiro atoms. The smallest absolute Gasteiger partial charge is 0.227 e. The van der Waals surface area contributed by atoms with Crippen LogP contribution < -0.4 is 0 Å². The zero-order valence-electron chi connectivity index (χ0n) is 12.3. The van der Waals surface area contributed by atoms with Crippen molar-refractivity contribution in [1.82, 2.24) is 15.1 Å². The van der Waals surface area contributed by atoms with Crippen molar-refractivity contribution >= 4 is 5.91 Å². The van der Waals surface area contributed by atoms with E-state index in [1.807, 2.05) is 56.0 Å². The highest BCUT2D eigenvalue weighted by molar-refractivity contribution is 5.79. The largest absolute Gasteiger partial charge is 0.338 e. The minimum atomic E-state index is 0.143. The normalized spacial score (nSPS) is 10.6. The maximum Gasteiger partial charge on any atom is 0.227 e. The first-order chi connectivity index (χ1) is 9.61. The number of benzene rings is 1. The van der Waals surface area contributed by atoms with Crippen molar-refractivity contribution in [2.75, 3.05) is 6.54 Å². The highest BCUT2D eigenvalue weighted by Crippen LogP contribution is 2.13. The van der Waals surface area contributed by atoms with E-state index in [-0.39, 0.29) is 5.91 Å². The van der Waals surface area contributed by atoms with Gasteiger partial charge in [-0.1, -0.05) is 30.3 Å². The van der Waals surface area contributed by atoms with Gasteiger partial charge in [0, 0.05) is 24.3 Å². The molecule has 2 aromatic rings. The summed E-state index contributed by atoms with van der Waals surface area (Å²) in [7, 11) is 0. The third-order valence-corrected chi connectivity index (χ3v) is 3.56. The van der Waals surface area contributed by atoms with Crippen LogP contribution in [0.25, 0.3) is 0 Å². The van der Waals surface area contributed by atoms with Gasteiger partial charge in [-0.3, -0.25) is 9.89 Å². The molecule has 0 bridgehead atoms. The van der Waals surface area contributed by atoms with E-state index in [1.165, 1.54) is 0 Å². The summed E-state index contributed by atoms with van der Waals surface area (Å²) in [5, 5.41) is 7.07. The van der Waals surface area contributed by atoms with Gasteiger partial charge >= 0.3 is 0 Å². The topological polar surface area (TPSA) is 49.0 Å². The van der Waals surface area contributed by atoms with Gasteiger partial charge in [-0.15, -0.1) is 0 Å². The van der Waals surface area contributed by atoms with Gasteiger partial charge < -0.3 is 4.90 Å². The van der Waals surface area contributed by atoms with Crippen LogP contribution in [0.5, 0.6) is 0 Å². The molecule has 4 nitrogen and oxygen atoms in total. The molecule has 1 heterocycles. The number of carbonyl (C=O) groups is 1. The van der Waals surface area contributed by atoms with Crippen LogP contribution in [-0.4, -0.2) is 27.5 Å². The molecule has 0 fully saturated rings. The van der Waals surface area contributed by atoms with Gasteiger partial charge in [0.2, 0.25) is 5.91 Å². The van der Waals surface area contributed by atoms with Crippen LogP contribution >= 0.6 is 0 Å². The Morgan fingerprint density at radius 1 is 1.25 bits per heavy atom. The molecule has 106 valence electrons. The van der Waals surface area contributed by atoms with Crippen LogP contribution in [0.1, 0.15) is 29.4 Å². The Morgan fingerprint density at radius 2 is 1.95 bits per heavy atom. The minimum absolute atomic E-state index is 0.143.